The van der Waals surface area contributed by atoms with Gasteiger partial charge in [0.2, 0.25) is 0 Å². The van der Waals surface area contributed by atoms with Gasteiger partial charge in [0.1, 0.15) is 5.69 Å². The Morgan fingerprint density at radius 3 is 1.51 bits per heavy atom. The minimum absolute atomic E-state index is 0.701. The molecule has 5 nitrogen and oxygen atoms in total. The molecule has 11 rings (SSSR count). The average Bonchev–Trinajstić information content (AvgIpc) is 3.71. The first kappa shape index (κ1) is 34.2. The number of para-hydroxylation sites is 3. The summed E-state index contributed by atoms with van der Waals surface area (Å²) >= 11 is 0. The molecule has 0 bridgehead atoms. The Hall–Kier alpha value is -8.02. The van der Waals surface area contributed by atoms with Gasteiger partial charge in [0.25, 0.3) is 0 Å². The topological polar surface area (TPSA) is 56.5 Å². The van der Waals surface area contributed by atoms with Gasteiger partial charge < -0.3 is 0 Å². The number of hydrogen-bond donors (Lipinski definition) is 0. The third-order valence-electron chi connectivity index (χ3n) is 11.1. The van der Waals surface area contributed by atoms with Gasteiger partial charge in [-0.3, -0.25) is 9.55 Å². The molecule has 0 saturated carbocycles. The molecule has 0 atom stereocenters. The molecular formula is C54H35N5. The molecule has 0 saturated heterocycles. The maximum absolute atomic E-state index is 5.28. The van der Waals surface area contributed by atoms with E-state index in [-0.39, 0.29) is 0 Å². The zero-order valence-electron chi connectivity index (χ0n) is 31.9. The summed E-state index contributed by atoms with van der Waals surface area (Å²) in [6.45, 7) is 0. The van der Waals surface area contributed by atoms with Crippen LogP contribution in [-0.4, -0.2) is 24.5 Å². The maximum Gasteiger partial charge on any atom is 0.164 e. The first-order chi connectivity index (χ1) is 29.3. The van der Waals surface area contributed by atoms with Gasteiger partial charge in [0, 0.05) is 34.1 Å². The van der Waals surface area contributed by atoms with E-state index in [1.165, 1.54) is 16.3 Å². The van der Waals surface area contributed by atoms with Crippen molar-refractivity contribution in [3.8, 4) is 73.4 Å². The summed E-state index contributed by atoms with van der Waals surface area (Å²) in [4.78, 5) is 20.3. The number of rotatable bonds is 7. The minimum atomic E-state index is 0.701. The number of hydrogen-bond acceptors (Lipinski definition) is 4. The minimum Gasteiger partial charge on any atom is -0.291 e. The lowest BCUT2D eigenvalue weighted by atomic mass is 9.86. The summed E-state index contributed by atoms with van der Waals surface area (Å²) in [5.41, 5.74) is 13.2. The summed E-state index contributed by atoms with van der Waals surface area (Å²) in [6.07, 6.45) is 1.95. The lowest BCUT2D eigenvalue weighted by molar-refractivity contribution is 1.08. The van der Waals surface area contributed by atoms with Crippen molar-refractivity contribution in [3.05, 3.63) is 212 Å². The van der Waals surface area contributed by atoms with E-state index in [1.54, 1.807) is 0 Å². The Balaban J connectivity index is 1.01. The first-order valence-corrected chi connectivity index (χ1v) is 19.8. The van der Waals surface area contributed by atoms with Crippen molar-refractivity contribution in [2.24, 2.45) is 0 Å². The second-order valence-corrected chi connectivity index (χ2v) is 14.6. The van der Waals surface area contributed by atoms with Gasteiger partial charge in [0.05, 0.1) is 22.4 Å². The van der Waals surface area contributed by atoms with Crippen LogP contribution in [0.5, 0.6) is 0 Å². The quantitative estimate of drug-likeness (QED) is 0.152. The number of pyridine rings is 1. The fraction of sp³-hybridized carbons (Fsp3) is 0. The largest absolute Gasteiger partial charge is 0.291 e. The average molecular weight is 754 g/mol. The Kier molecular flexibility index (Phi) is 8.41. The van der Waals surface area contributed by atoms with Crippen molar-refractivity contribution in [1.82, 2.24) is 24.5 Å². The van der Waals surface area contributed by atoms with Crippen molar-refractivity contribution < 1.29 is 0 Å². The molecule has 0 fully saturated rings. The Labute approximate surface area is 341 Å². The molecule has 0 spiro atoms. The molecule has 0 aliphatic rings. The van der Waals surface area contributed by atoms with Gasteiger partial charge in [-0.15, -0.1) is 0 Å². The third kappa shape index (κ3) is 6.13. The lowest BCUT2D eigenvalue weighted by Gasteiger charge is -2.18. The van der Waals surface area contributed by atoms with Crippen molar-refractivity contribution in [1.29, 1.82) is 0 Å². The van der Waals surface area contributed by atoms with E-state index in [9.17, 15) is 0 Å². The smallest absolute Gasteiger partial charge is 0.164 e. The molecule has 8 aromatic carbocycles. The van der Waals surface area contributed by atoms with Crippen LogP contribution in [0.2, 0.25) is 0 Å². The van der Waals surface area contributed by atoms with E-state index >= 15 is 0 Å². The van der Waals surface area contributed by atoms with Crippen LogP contribution in [0.15, 0.2) is 212 Å². The number of nitrogens with zero attached hydrogens (tertiary/aromatic N) is 5. The van der Waals surface area contributed by atoms with Crippen LogP contribution >= 0.6 is 0 Å². The lowest BCUT2D eigenvalue weighted by Crippen LogP contribution is -1.98. The van der Waals surface area contributed by atoms with Crippen LogP contribution in [0.25, 0.3) is 106 Å². The molecule has 5 heteroatoms. The summed E-state index contributed by atoms with van der Waals surface area (Å²) in [6, 6.07) is 71.8. The van der Waals surface area contributed by atoms with Crippen LogP contribution in [-0.2, 0) is 0 Å². The van der Waals surface area contributed by atoms with Crippen LogP contribution in [0.3, 0.4) is 0 Å². The van der Waals surface area contributed by atoms with Gasteiger partial charge in [-0.05, 0) is 74.6 Å². The number of benzene rings is 8. The molecule has 0 aliphatic carbocycles. The number of fused-ring (bicyclic) bond motifs is 3. The van der Waals surface area contributed by atoms with E-state index in [2.05, 4.69) is 168 Å². The number of aromatic nitrogens is 5. The summed E-state index contributed by atoms with van der Waals surface area (Å²) in [5, 5.41) is 4.62. The molecular weight excluding hydrogens is 719 g/mol. The van der Waals surface area contributed by atoms with E-state index < -0.39 is 0 Å². The standard InChI is InChI=1S/C54H35N5/c1-4-16-37(17-5-1)48-34-49(57-53(56-48)39-18-6-2-7-19-39)52-44-24-12-10-22-42(44)51(43-23-11-13-25-45(43)52)38-30-28-36(29-31-38)40-32-33-47(55-35-40)54-58-46-26-14-15-27-50(46)59(54)41-20-8-3-9-21-41/h1-35H. The van der Waals surface area contributed by atoms with Gasteiger partial charge in [-0.25, -0.2) is 15.0 Å². The summed E-state index contributed by atoms with van der Waals surface area (Å²) in [5.74, 6) is 1.52. The Bertz CT molecular complexity index is 3170. The summed E-state index contributed by atoms with van der Waals surface area (Å²) < 4.78 is 2.18. The SMILES string of the molecule is c1ccc(-c2cc(-c3c4ccccc4c(-c4ccc(-c5ccc(-c6nc7ccccc7n6-c6ccccc6)nc5)cc4)c4ccccc34)nc(-c3ccccc3)n2)cc1. The third-order valence-corrected chi connectivity index (χ3v) is 11.1. The highest BCUT2D eigenvalue weighted by molar-refractivity contribution is 6.21. The Morgan fingerprint density at radius 1 is 0.339 bits per heavy atom. The van der Waals surface area contributed by atoms with Gasteiger partial charge >= 0.3 is 0 Å². The van der Waals surface area contributed by atoms with E-state index in [4.69, 9.17) is 19.9 Å². The molecule has 0 amide bonds. The molecule has 276 valence electrons. The monoisotopic (exact) mass is 753 g/mol. The zero-order chi connectivity index (χ0) is 39.1. The normalized spacial score (nSPS) is 11.4. The van der Waals surface area contributed by atoms with Crippen LogP contribution in [0.1, 0.15) is 0 Å². The molecule has 0 unspecified atom stereocenters. The van der Waals surface area contributed by atoms with E-state index in [1.807, 2.05) is 48.7 Å². The van der Waals surface area contributed by atoms with Crippen molar-refractivity contribution in [2.45, 2.75) is 0 Å². The van der Waals surface area contributed by atoms with Crippen LogP contribution in [0, 0.1) is 0 Å². The van der Waals surface area contributed by atoms with Crippen LogP contribution < -0.4 is 0 Å². The molecule has 3 aromatic heterocycles. The van der Waals surface area contributed by atoms with E-state index in [0.29, 0.717) is 5.82 Å². The van der Waals surface area contributed by atoms with Gasteiger partial charge in [-0.2, -0.15) is 0 Å². The molecule has 0 aliphatic heterocycles. The molecule has 3 heterocycles. The molecule has 59 heavy (non-hydrogen) atoms. The fourth-order valence-electron chi connectivity index (χ4n) is 8.33. The van der Waals surface area contributed by atoms with E-state index in [0.717, 1.165) is 83.8 Å². The molecule has 0 radical (unpaired) electrons. The van der Waals surface area contributed by atoms with Crippen LogP contribution in [0.4, 0.5) is 0 Å². The molecule has 11 aromatic rings. The Morgan fingerprint density at radius 2 is 0.864 bits per heavy atom. The van der Waals surface area contributed by atoms with Crippen molar-refractivity contribution in [2.75, 3.05) is 0 Å². The zero-order valence-corrected chi connectivity index (χ0v) is 31.9. The molecule has 0 N–H and O–H groups in total. The second-order valence-electron chi connectivity index (χ2n) is 14.6. The predicted molar refractivity (Wildman–Crippen MR) is 242 cm³/mol. The highest BCUT2D eigenvalue weighted by Crippen LogP contribution is 2.44. The highest BCUT2D eigenvalue weighted by Gasteiger charge is 2.20. The van der Waals surface area contributed by atoms with Crippen molar-refractivity contribution >= 4 is 32.6 Å². The fourth-order valence-corrected chi connectivity index (χ4v) is 8.33. The number of imidazole rings is 1. The second kappa shape index (κ2) is 14.5. The van der Waals surface area contributed by atoms with Gasteiger partial charge in [0.15, 0.2) is 11.6 Å². The van der Waals surface area contributed by atoms with Gasteiger partial charge in [-0.1, -0.05) is 170 Å². The van der Waals surface area contributed by atoms with Crippen molar-refractivity contribution in [3.63, 3.8) is 0 Å². The summed E-state index contributed by atoms with van der Waals surface area (Å²) in [7, 11) is 0. The maximum atomic E-state index is 5.28. The highest BCUT2D eigenvalue weighted by atomic mass is 15.1. The first-order valence-electron chi connectivity index (χ1n) is 19.8. The predicted octanol–water partition coefficient (Wildman–Crippen LogP) is 13.5.